The summed E-state index contributed by atoms with van der Waals surface area (Å²) in [4.78, 5) is 10.4. The van der Waals surface area contributed by atoms with Crippen LogP contribution in [0.1, 0.15) is 5.56 Å². The quantitative estimate of drug-likeness (QED) is 0.201. The van der Waals surface area contributed by atoms with E-state index < -0.39 is 4.92 Å². The van der Waals surface area contributed by atoms with E-state index >= 15 is 0 Å². The highest BCUT2D eigenvalue weighted by Crippen LogP contribution is 2.43. The van der Waals surface area contributed by atoms with Crippen molar-refractivity contribution < 1.29 is 10.0 Å². The standard InChI is InChI=1S/C21H15N3O3/c1-13-12-14(24(26)27)10-11-19(13)22-23-20-17-8-4-2-6-15(17)16-7-3-5-9-18(16)21(20)25/h2-12,25H,1H3. The van der Waals surface area contributed by atoms with Crippen molar-refractivity contribution in [2.24, 2.45) is 10.2 Å². The Kier molecular flexibility index (Phi) is 4.01. The van der Waals surface area contributed by atoms with E-state index in [4.69, 9.17) is 0 Å². The first-order chi connectivity index (χ1) is 13.1. The monoisotopic (exact) mass is 357 g/mol. The van der Waals surface area contributed by atoms with Gasteiger partial charge in [-0.25, -0.2) is 0 Å². The van der Waals surface area contributed by atoms with Crippen LogP contribution >= 0.6 is 0 Å². The lowest BCUT2D eigenvalue weighted by atomic mass is 9.99. The van der Waals surface area contributed by atoms with E-state index in [1.54, 1.807) is 13.0 Å². The molecule has 0 aliphatic rings. The normalized spacial score (nSPS) is 11.4. The van der Waals surface area contributed by atoms with Crippen LogP contribution in [-0.4, -0.2) is 10.0 Å². The van der Waals surface area contributed by atoms with Gasteiger partial charge in [0, 0.05) is 22.9 Å². The molecular formula is C21H15N3O3. The number of hydrogen-bond acceptors (Lipinski definition) is 5. The molecule has 1 N–H and O–H groups in total. The van der Waals surface area contributed by atoms with Crippen molar-refractivity contribution in [3.8, 4) is 5.75 Å². The molecule has 0 spiro atoms. The van der Waals surface area contributed by atoms with E-state index in [0.29, 0.717) is 22.3 Å². The second-order valence-electron chi connectivity index (χ2n) is 6.22. The Bertz CT molecular complexity index is 1230. The van der Waals surface area contributed by atoms with Crippen molar-refractivity contribution >= 4 is 38.6 Å². The maximum atomic E-state index is 10.9. The van der Waals surface area contributed by atoms with Gasteiger partial charge in [-0.2, -0.15) is 5.11 Å². The van der Waals surface area contributed by atoms with Crippen LogP contribution in [0.2, 0.25) is 0 Å². The van der Waals surface area contributed by atoms with E-state index in [1.165, 1.54) is 12.1 Å². The first-order valence-corrected chi connectivity index (χ1v) is 8.35. The minimum Gasteiger partial charge on any atom is -0.505 e. The number of benzene rings is 4. The number of non-ortho nitro benzene ring substituents is 1. The van der Waals surface area contributed by atoms with Gasteiger partial charge in [0.25, 0.3) is 5.69 Å². The third kappa shape index (κ3) is 2.87. The maximum Gasteiger partial charge on any atom is 0.269 e. The lowest BCUT2D eigenvalue weighted by molar-refractivity contribution is -0.384. The van der Waals surface area contributed by atoms with Gasteiger partial charge in [0.05, 0.1) is 10.6 Å². The van der Waals surface area contributed by atoms with Crippen LogP contribution in [0.3, 0.4) is 0 Å². The molecule has 0 aliphatic carbocycles. The third-order valence-electron chi connectivity index (χ3n) is 4.53. The number of fused-ring (bicyclic) bond motifs is 3. The molecule has 0 aliphatic heterocycles. The van der Waals surface area contributed by atoms with Crippen LogP contribution in [0, 0.1) is 17.0 Å². The van der Waals surface area contributed by atoms with Gasteiger partial charge in [-0.15, -0.1) is 5.11 Å². The summed E-state index contributed by atoms with van der Waals surface area (Å²) in [5, 5.41) is 33.6. The van der Waals surface area contributed by atoms with Crippen LogP contribution in [0.5, 0.6) is 5.75 Å². The zero-order valence-corrected chi connectivity index (χ0v) is 14.5. The smallest absolute Gasteiger partial charge is 0.269 e. The second kappa shape index (κ2) is 6.49. The van der Waals surface area contributed by atoms with Crippen LogP contribution in [0.25, 0.3) is 21.5 Å². The molecular weight excluding hydrogens is 342 g/mol. The van der Waals surface area contributed by atoms with Gasteiger partial charge in [0.15, 0.2) is 5.75 Å². The molecule has 6 nitrogen and oxygen atoms in total. The van der Waals surface area contributed by atoms with Gasteiger partial charge in [-0.3, -0.25) is 10.1 Å². The fourth-order valence-electron chi connectivity index (χ4n) is 3.17. The lowest BCUT2D eigenvalue weighted by Crippen LogP contribution is -1.87. The molecule has 0 aromatic heterocycles. The number of rotatable bonds is 3. The summed E-state index contributed by atoms with van der Waals surface area (Å²) in [6.45, 7) is 1.74. The topological polar surface area (TPSA) is 88.1 Å². The highest BCUT2D eigenvalue weighted by Gasteiger charge is 2.13. The fourth-order valence-corrected chi connectivity index (χ4v) is 3.17. The number of nitro groups is 1. The number of azo groups is 1. The summed E-state index contributed by atoms with van der Waals surface area (Å²) in [5.41, 5.74) is 1.53. The van der Waals surface area contributed by atoms with E-state index in [2.05, 4.69) is 10.2 Å². The summed E-state index contributed by atoms with van der Waals surface area (Å²) in [5.74, 6) is 0.0626. The molecule has 0 saturated heterocycles. The number of hydrogen-bond donors (Lipinski definition) is 1. The van der Waals surface area contributed by atoms with E-state index in [9.17, 15) is 15.2 Å². The number of phenols is 1. The predicted octanol–water partition coefficient (Wildman–Crippen LogP) is 6.33. The molecule has 6 heteroatoms. The van der Waals surface area contributed by atoms with Crippen LogP contribution in [0.15, 0.2) is 77.0 Å². The molecule has 0 amide bonds. The number of nitro benzene ring substituents is 1. The van der Waals surface area contributed by atoms with E-state index in [-0.39, 0.29) is 11.4 Å². The molecule has 0 bridgehead atoms. The number of aryl methyl sites for hydroxylation is 1. The number of nitrogens with zero attached hydrogens (tertiary/aromatic N) is 3. The summed E-state index contributed by atoms with van der Waals surface area (Å²) in [7, 11) is 0. The van der Waals surface area contributed by atoms with Crippen molar-refractivity contribution in [2.45, 2.75) is 6.92 Å². The molecule has 4 rings (SSSR count). The number of aromatic hydroxyl groups is 1. The van der Waals surface area contributed by atoms with Crippen molar-refractivity contribution in [3.05, 3.63) is 82.4 Å². The SMILES string of the molecule is Cc1cc([N+](=O)[O-])ccc1N=Nc1c(O)c2ccccc2c2ccccc12. The summed E-state index contributed by atoms with van der Waals surface area (Å²) in [6.07, 6.45) is 0. The van der Waals surface area contributed by atoms with Crippen molar-refractivity contribution in [1.29, 1.82) is 0 Å². The Morgan fingerprint density at radius 1 is 0.852 bits per heavy atom. The van der Waals surface area contributed by atoms with Crippen molar-refractivity contribution in [1.82, 2.24) is 0 Å². The van der Waals surface area contributed by atoms with Crippen LogP contribution in [-0.2, 0) is 0 Å². The average Bonchev–Trinajstić information content (AvgIpc) is 2.69. The van der Waals surface area contributed by atoms with Gasteiger partial charge in [0.1, 0.15) is 5.69 Å². The molecule has 27 heavy (non-hydrogen) atoms. The largest absolute Gasteiger partial charge is 0.505 e. The second-order valence-corrected chi connectivity index (χ2v) is 6.22. The molecule has 0 radical (unpaired) electrons. The summed E-state index contributed by atoms with van der Waals surface area (Å²) < 4.78 is 0. The predicted molar refractivity (Wildman–Crippen MR) is 105 cm³/mol. The Morgan fingerprint density at radius 3 is 2.07 bits per heavy atom. The minimum absolute atomic E-state index is 0.00505. The molecule has 0 heterocycles. The van der Waals surface area contributed by atoms with Crippen LogP contribution in [0.4, 0.5) is 17.1 Å². The lowest BCUT2D eigenvalue weighted by Gasteiger charge is -2.09. The van der Waals surface area contributed by atoms with Gasteiger partial charge >= 0.3 is 0 Å². The summed E-state index contributed by atoms with van der Waals surface area (Å²) >= 11 is 0. The van der Waals surface area contributed by atoms with Gasteiger partial charge < -0.3 is 5.11 Å². The molecule has 0 saturated carbocycles. The minimum atomic E-state index is -0.448. The first-order valence-electron chi connectivity index (χ1n) is 8.35. The van der Waals surface area contributed by atoms with Gasteiger partial charge in [-0.05, 0) is 29.3 Å². The maximum absolute atomic E-state index is 10.9. The highest BCUT2D eigenvalue weighted by atomic mass is 16.6. The van der Waals surface area contributed by atoms with Crippen molar-refractivity contribution in [3.63, 3.8) is 0 Å². The molecule has 132 valence electrons. The van der Waals surface area contributed by atoms with Crippen molar-refractivity contribution in [2.75, 3.05) is 0 Å². The van der Waals surface area contributed by atoms with E-state index in [1.807, 2.05) is 48.5 Å². The molecule has 0 fully saturated rings. The fraction of sp³-hybridized carbons (Fsp3) is 0.0476. The molecule has 4 aromatic carbocycles. The Balaban J connectivity index is 1.90. The Labute approximate surface area is 154 Å². The molecule has 0 unspecified atom stereocenters. The average molecular weight is 357 g/mol. The Hall–Kier alpha value is -3.80. The highest BCUT2D eigenvalue weighted by molar-refractivity contribution is 6.15. The molecule has 4 aromatic rings. The van der Waals surface area contributed by atoms with Gasteiger partial charge in [0.2, 0.25) is 0 Å². The first kappa shape index (κ1) is 16.7. The Morgan fingerprint density at radius 2 is 1.44 bits per heavy atom. The zero-order chi connectivity index (χ0) is 19.0. The van der Waals surface area contributed by atoms with Gasteiger partial charge in [-0.1, -0.05) is 48.5 Å². The zero-order valence-electron chi connectivity index (χ0n) is 14.5. The van der Waals surface area contributed by atoms with E-state index in [0.717, 1.165) is 16.2 Å². The van der Waals surface area contributed by atoms with Crippen LogP contribution < -0.4 is 0 Å². The number of phenolic OH excluding ortho intramolecular Hbond substituents is 1. The molecule has 0 atom stereocenters. The third-order valence-corrected chi connectivity index (χ3v) is 4.53. The summed E-state index contributed by atoms with van der Waals surface area (Å²) in [6, 6.07) is 19.7.